The fourth-order valence-electron chi connectivity index (χ4n) is 4.26. The Morgan fingerprint density at radius 2 is 2.11 bits per heavy atom. The smallest absolute Gasteiger partial charge is 0.353 e. The number of fused-ring (bicyclic) bond motifs is 1. The molecular formula is C18H27N3O5S. The monoisotopic (exact) mass is 397 g/mol. The highest BCUT2D eigenvalue weighted by molar-refractivity contribution is 8.03. The number of likely N-dealkylation sites (N-methyl/N-ethyl adjacent to an activating group) is 1. The molecule has 0 aromatic rings. The number of carboxylic acids is 1. The summed E-state index contributed by atoms with van der Waals surface area (Å²) in [5.41, 5.74) is 0.0415. The SMILES string of the molecule is CCN(C)C(=O)[C@@H]1C[C@H](SC2=C(C(=O)O)N3C(=O)C([C@@H](C)O)C3[C@H]2C)CN1. The van der Waals surface area contributed by atoms with Gasteiger partial charge in [-0.05, 0) is 20.3 Å². The highest BCUT2D eigenvalue weighted by Gasteiger charge is 2.60. The topological polar surface area (TPSA) is 110 Å². The minimum Gasteiger partial charge on any atom is -0.477 e. The maximum Gasteiger partial charge on any atom is 0.353 e. The van der Waals surface area contributed by atoms with Gasteiger partial charge in [0.25, 0.3) is 0 Å². The van der Waals surface area contributed by atoms with Crippen molar-refractivity contribution in [2.24, 2.45) is 11.8 Å². The second-order valence-electron chi connectivity index (χ2n) is 7.56. The number of hydrogen-bond donors (Lipinski definition) is 3. The van der Waals surface area contributed by atoms with Crippen molar-refractivity contribution in [2.75, 3.05) is 20.1 Å². The molecule has 3 N–H and O–H groups in total. The van der Waals surface area contributed by atoms with E-state index < -0.39 is 18.0 Å². The second-order valence-corrected chi connectivity index (χ2v) is 8.90. The van der Waals surface area contributed by atoms with Gasteiger partial charge in [0, 0.05) is 36.2 Å². The number of nitrogens with zero attached hydrogens (tertiary/aromatic N) is 2. The molecule has 3 aliphatic heterocycles. The van der Waals surface area contributed by atoms with Crippen LogP contribution in [0, 0.1) is 11.8 Å². The number of aliphatic carboxylic acids is 1. The highest BCUT2D eigenvalue weighted by Crippen LogP contribution is 2.51. The molecule has 3 aliphatic rings. The van der Waals surface area contributed by atoms with Gasteiger partial charge in [-0.3, -0.25) is 9.59 Å². The van der Waals surface area contributed by atoms with E-state index in [2.05, 4.69) is 5.32 Å². The third kappa shape index (κ3) is 3.25. The minimum absolute atomic E-state index is 0.0415. The van der Waals surface area contributed by atoms with Gasteiger partial charge < -0.3 is 25.3 Å². The Bertz CT molecular complexity index is 694. The zero-order chi connectivity index (χ0) is 20.0. The Balaban J connectivity index is 1.76. The number of amides is 2. The highest BCUT2D eigenvalue weighted by atomic mass is 32.2. The van der Waals surface area contributed by atoms with Crippen molar-refractivity contribution < 1.29 is 24.6 Å². The van der Waals surface area contributed by atoms with Crippen molar-refractivity contribution in [1.82, 2.24) is 15.1 Å². The maximum absolute atomic E-state index is 12.4. The summed E-state index contributed by atoms with van der Waals surface area (Å²) in [5.74, 6) is -2.10. The lowest BCUT2D eigenvalue weighted by Crippen LogP contribution is -2.63. The number of β-lactam (4-membered cyclic amide) rings is 1. The predicted molar refractivity (Wildman–Crippen MR) is 101 cm³/mol. The molecule has 0 spiro atoms. The number of carboxylic acid groups (broad SMARTS) is 1. The molecule has 27 heavy (non-hydrogen) atoms. The molecule has 3 rings (SSSR count). The third-order valence-electron chi connectivity index (χ3n) is 5.84. The van der Waals surface area contributed by atoms with Gasteiger partial charge in [0.05, 0.1) is 24.1 Å². The van der Waals surface area contributed by atoms with Gasteiger partial charge in [-0.15, -0.1) is 11.8 Å². The van der Waals surface area contributed by atoms with Crippen LogP contribution in [0.25, 0.3) is 0 Å². The van der Waals surface area contributed by atoms with Gasteiger partial charge >= 0.3 is 5.97 Å². The van der Waals surface area contributed by atoms with Crippen molar-refractivity contribution in [3.8, 4) is 0 Å². The third-order valence-corrected chi connectivity index (χ3v) is 7.36. The summed E-state index contributed by atoms with van der Waals surface area (Å²) >= 11 is 1.45. The largest absolute Gasteiger partial charge is 0.477 e. The van der Waals surface area contributed by atoms with Crippen molar-refractivity contribution in [3.05, 3.63) is 10.6 Å². The molecule has 2 unspecified atom stereocenters. The molecule has 8 nitrogen and oxygen atoms in total. The van der Waals surface area contributed by atoms with E-state index in [9.17, 15) is 24.6 Å². The van der Waals surface area contributed by atoms with Crippen LogP contribution in [0.3, 0.4) is 0 Å². The number of carbonyl (C=O) groups is 3. The standard InChI is InChI=1S/C18H27N3O5S/c1-5-20(4)16(23)11-6-10(7-19-11)27-15-8(2)13-12(9(3)22)17(24)21(13)14(15)18(25)26/h8-13,19,22H,5-7H2,1-4H3,(H,25,26)/t8-,9-,10+,11+,12?,13?/m1/s1. The molecule has 0 saturated carbocycles. The van der Waals surface area contributed by atoms with Crippen LogP contribution in [0.4, 0.5) is 0 Å². The number of aliphatic hydroxyl groups excluding tert-OH is 1. The van der Waals surface area contributed by atoms with Gasteiger partial charge in [0.15, 0.2) is 0 Å². The molecule has 150 valence electrons. The van der Waals surface area contributed by atoms with E-state index in [1.54, 1.807) is 18.9 Å². The van der Waals surface area contributed by atoms with Crippen molar-refractivity contribution in [2.45, 2.75) is 50.6 Å². The van der Waals surface area contributed by atoms with Gasteiger partial charge in [0.1, 0.15) is 5.70 Å². The summed E-state index contributed by atoms with van der Waals surface area (Å²) in [6, 6.07) is -0.564. The van der Waals surface area contributed by atoms with Crippen LogP contribution in [-0.4, -0.2) is 81.4 Å². The van der Waals surface area contributed by atoms with Crippen molar-refractivity contribution in [3.63, 3.8) is 0 Å². The summed E-state index contributed by atoms with van der Waals surface area (Å²) in [5, 5.41) is 22.9. The van der Waals surface area contributed by atoms with Gasteiger partial charge in [-0.25, -0.2) is 4.79 Å². The number of carbonyl (C=O) groups excluding carboxylic acids is 2. The fourth-order valence-corrected chi connectivity index (χ4v) is 5.74. The fraction of sp³-hybridized carbons (Fsp3) is 0.722. The van der Waals surface area contributed by atoms with Crippen molar-refractivity contribution in [1.29, 1.82) is 0 Å². The number of aliphatic hydroxyl groups is 1. The maximum atomic E-state index is 12.4. The zero-order valence-corrected chi connectivity index (χ0v) is 16.8. The average Bonchev–Trinajstić information content (AvgIpc) is 3.16. The van der Waals surface area contributed by atoms with E-state index in [-0.39, 0.29) is 40.8 Å². The zero-order valence-electron chi connectivity index (χ0n) is 16.0. The van der Waals surface area contributed by atoms with E-state index in [0.29, 0.717) is 24.4 Å². The van der Waals surface area contributed by atoms with Gasteiger partial charge in [-0.2, -0.15) is 0 Å². The second kappa shape index (κ2) is 7.44. The normalized spacial score (nSPS) is 33.7. The molecule has 2 fully saturated rings. The Morgan fingerprint density at radius 1 is 1.44 bits per heavy atom. The van der Waals surface area contributed by atoms with E-state index >= 15 is 0 Å². The molecule has 2 amide bonds. The molecule has 3 heterocycles. The quantitative estimate of drug-likeness (QED) is 0.545. The number of thioether (sulfide) groups is 1. The first kappa shape index (κ1) is 20.2. The van der Waals surface area contributed by atoms with E-state index in [1.165, 1.54) is 16.7 Å². The summed E-state index contributed by atoms with van der Waals surface area (Å²) < 4.78 is 0. The Hall–Kier alpha value is -1.58. The van der Waals surface area contributed by atoms with Crippen LogP contribution in [0.15, 0.2) is 10.6 Å². The van der Waals surface area contributed by atoms with Crippen LogP contribution in [-0.2, 0) is 14.4 Å². The summed E-state index contributed by atoms with van der Waals surface area (Å²) in [6.07, 6.45) is -0.185. The minimum atomic E-state index is -1.12. The van der Waals surface area contributed by atoms with E-state index in [1.807, 2.05) is 13.8 Å². The van der Waals surface area contributed by atoms with Crippen molar-refractivity contribution >= 4 is 29.5 Å². The van der Waals surface area contributed by atoms with Gasteiger partial charge in [-0.1, -0.05) is 6.92 Å². The molecule has 0 aromatic heterocycles. The lowest BCUT2D eigenvalue weighted by Gasteiger charge is -2.46. The molecule has 0 aliphatic carbocycles. The van der Waals surface area contributed by atoms with Crippen LogP contribution in [0.1, 0.15) is 27.2 Å². The Labute approximate surface area is 163 Å². The number of rotatable bonds is 6. The average molecular weight is 397 g/mol. The first-order chi connectivity index (χ1) is 12.7. The summed E-state index contributed by atoms with van der Waals surface area (Å²) in [4.78, 5) is 40.2. The van der Waals surface area contributed by atoms with Gasteiger partial charge in [0.2, 0.25) is 11.8 Å². The molecule has 6 atom stereocenters. The van der Waals surface area contributed by atoms with E-state index in [4.69, 9.17) is 0 Å². The molecule has 0 aromatic carbocycles. The Kier molecular flexibility index (Phi) is 5.56. The van der Waals surface area contributed by atoms with Crippen LogP contribution in [0.2, 0.25) is 0 Å². The van der Waals surface area contributed by atoms with Crippen LogP contribution in [0.5, 0.6) is 0 Å². The molecule has 0 bridgehead atoms. The molecule has 9 heteroatoms. The Morgan fingerprint density at radius 3 is 2.67 bits per heavy atom. The lowest BCUT2D eigenvalue weighted by atomic mass is 9.79. The first-order valence-electron chi connectivity index (χ1n) is 9.32. The number of hydrogen-bond acceptors (Lipinski definition) is 6. The summed E-state index contributed by atoms with van der Waals surface area (Å²) in [6.45, 7) is 6.65. The molecule has 0 radical (unpaired) electrons. The lowest BCUT2D eigenvalue weighted by molar-refractivity contribution is -0.163. The van der Waals surface area contributed by atoms with Crippen LogP contribution < -0.4 is 5.32 Å². The molecular weight excluding hydrogens is 370 g/mol. The molecule has 2 saturated heterocycles. The van der Waals surface area contributed by atoms with E-state index in [0.717, 1.165) is 0 Å². The van der Waals surface area contributed by atoms with Crippen LogP contribution >= 0.6 is 11.8 Å². The number of nitrogens with one attached hydrogen (secondary N) is 1. The summed E-state index contributed by atoms with van der Waals surface area (Å²) in [7, 11) is 1.77. The predicted octanol–water partition coefficient (Wildman–Crippen LogP) is 0.0821. The first-order valence-corrected chi connectivity index (χ1v) is 10.2.